The second-order valence-electron chi connectivity index (χ2n) is 6.24. The summed E-state index contributed by atoms with van der Waals surface area (Å²) in [6, 6.07) is 13.7. The maximum atomic E-state index is 13.1. The van der Waals surface area contributed by atoms with Gasteiger partial charge in [0.05, 0.1) is 17.1 Å². The van der Waals surface area contributed by atoms with Crippen LogP contribution in [-0.2, 0) is 13.6 Å². The van der Waals surface area contributed by atoms with Gasteiger partial charge in [-0.15, -0.1) is 11.3 Å². The summed E-state index contributed by atoms with van der Waals surface area (Å²) in [5.74, 6) is -0.521. The van der Waals surface area contributed by atoms with Crippen molar-refractivity contribution in [3.63, 3.8) is 0 Å². The van der Waals surface area contributed by atoms with Gasteiger partial charge in [0.2, 0.25) is 0 Å². The van der Waals surface area contributed by atoms with Crippen molar-refractivity contribution in [3.8, 4) is 21.8 Å². The zero-order valence-electron chi connectivity index (χ0n) is 15.2. The molecule has 4 rings (SSSR count). The standard InChI is InChI=1S/C20H18FN5OS/c1-25-18(13-17(23-25)14-4-6-15(21)7-5-14)20(27)22-9-11-26-10-8-16(24-26)19-3-2-12-28-19/h2-8,10,12-13H,9,11H2,1H3,(H,22,27). The van der Waals surface area contributed by atoms with E-state index in [-0.39, 0.29) is 11.7 Å². The summed E-state index contributed by atoms with van der Waals surface area (Å²) >= 11 is 1.64. The molecule has 142 valence electrons. The van der Waals surface area contributed by atoms with Crippen LogP contribution >= 0.6 is 11.3 Å². The first kappa shape index (κ1) is 18.1. The van der Waals surface area contributed by atoms with Gasteiger partial charge in [-0.1, -0.05) is 6.07 Å². The Morgan fingerprint density at radius 1 is 1.14 bits per heavy atom. The molecule has 0 unspecified atom stereocenters. The van der Waals surface area contributed by atoms with Gasteiger partial charge in [-0.3, -0.25) is 14.2 Å². The fraction of sp³-hybridized carbons (Fsp3) is 0.150. The molecule has 0 radical (unpaired) electrons. The average Bonchev–Trinajstić information content (AvgIpc) is 3.42. The predicted molar refractivity (Wildman–Crippen MR) is 106 cm³/mol. The summed E-state index contributed by atoms with van der Waals surface area (Å²) < 4.78 is 16.4. The summed E-state index contributed by atoms with van der Waals surface area (Å²) in [6.45, 7) is 1.02. The number of aromatic nitrogens is 4. The van der Waals surface area contributed by atoms with Gasteiger partial charge in [0.15, 0.2) is 0 Å². The number of halogens is 1. The van der Waals surface area contributed by atoms with Crippen LogP contribution in [-0.4, -0.2) is 32.0 Å². The molecule has 0 saturated heterocycles. The summed E-state index contributed by atoms with van der Waals surface area (Å²) in [6.07, 6.45) is 1.90. The highest BCUT2D eigenvalue weighted by Gasteiger charge is 2.14. The largest absolute Gasteiger partial charge is 0.349 e. The number of nitrogens with zero attached hydrogens (tertiary/aromatic N) is 4. The Morgan fingerprint density at radius 3 is 2.71 bits per heavy atom. The molecule has 8 heteroatoms. The van der Waals surface area contributed by atoms with Crippen molar-refractivity contribution in [1.82, 2.24) is 24.9 Å². The molecule has 1 amide bonds. The van der Waals surface area contributed by atoms with E-state index in [1.165, 1.54) is 16.8 Å². The quantitative estimate of drug-likeness (QED) is 0.543. The van der Waals surface area contributed by atoms with Crippen LogP contribution in [0.1, 0.15) is 10.5 Å². The molecule has 0 bridgehead atoms. The van der Waals surface area contributed by atoms with E-state index in [0.717, 1.165) is 16.1 Å². The number of thiophene rings is 1. The Labute approximate surface area is 165 Å². The molecule has 0 aliphatic carbocycles. The molecule has 28 heavy (non-hydrogen) atoms. The van der Waals surface area contributed by atoms with Crippen LogP contribution in [0.4, 0.5) is 4.39 Å². The lowest BCUT2D eigenvalue weighted by Crippen LogP contribution is -2.29. The third-order valence-electron chi connectivity index (χ3n) is 4.29. The minimum atomic E-state index is -0.307. The van der Waals surface area contributed by atoms with Crippen molar-refractivity contribution in [2.45, 2.75) is 6.54 Å². The SMILES string of the molecule is Cn1nc(-c2ccc(F)cc2)cc1C(=O)NCCn1ccc(-c2cccs2)n1. The Hall–Kier alpha value is -3.26. The van der Waals surface area contributed by atoms with Crippen molar-refractivity contribution in [3.05, 3.63) is 71.6 Å². The fourth-order valence-electron chi connectivity index (χ4n) is 2.86. The van der Waals surface area contributed by atoms with Crippen LogP contribution in [0.2, 0.25) is 0 Å². The van der Waals surface area contributed by atoms with Gasteiger partial charge in [-0.2, -0.15) is 10.2 Å². The van der Waals surface area contributed by atoms with Gasteiger partial charge in [0.1, 0.15) is 17.2 Å². The van der Waals surface area contributed by atoms with Crippen molar-refractivity contribution in [2.75, 3.05) is 6.54 Å². The van der Waals surface area contributed by atoms with Crippen molar-refractivity contribution in [1.29, 1.82) is 0 Å². The van der Waals surface area contributed by atoms with Crippen LogP contribution in [0.3, 0.4) is 0 Å². The lowest BCUT2D eigenvalue weighted by atomic mass is 10.1. The Balaban J connectivity index is 1.37. The first-order valence-electron chi connectivity index (χ1n) is 8.76. The third kappa shape index (κ3) is 3.86. The summed E-state index contributed by atoms with van der Waals surface area (Å²) in [5.41, 5.74) is 2.75. The minimum absolute atomic E-state index is 0.214. The summed E-state index contributed by atoms with van der Waals surface area (Å²) in [7, 11) is 1.71. The Kier molecular flexibility index (Phi) is 5.03. The number of carbonyl (C=O) groups excluding carboxylic acids is 1. The molecule has 1 N–H and O–H groups in total. The third-order valence-corrected chi connectivity index (χ3v) is 5.19. The van der Waals surface area contributed by atoms with Gasteiger partial charge in [0.25, 0.3) is 5.91 Å². The maximum absolute atomic E-state index is 13.1. The van der Waals surface area contributed by atoms with E-state index < -0.39 is 0 Å². The van der Waals surface area contributed by atoms with E-state index in [2.05, 4.69) is 15.5 Å². The molecule has 4 aromatic rings. The van der Waals surface area contributed by atoms with Crippen LogP contribution < -0.4 is 5.32 Å². The molecule has 0 saturated carbocycles. The molecule has 0 spiro atoms. The molecule has 0 aliphatic heterocycles. The van der Waals surface area contributed by atoms with E-state index in [9.17, 15) is 9.18 Å². The second kappa shape index (κ2) is 7.77. The minimum Gasteiger partial charge on any atom is -0.349 e. The normalized spacial score (nSPS) is 10.9. The van der Waals surface area contributed by atoms with E-state index in [4.69, 9.17) is 0 Å². The first-order valence-corrected chi connectivity index (χ1v) is 9.63. The number of benzene rings is 1. The van der Waals surface area contributed by atoms with Gasteiger partial charge in [0, 0.05) is 25.4 Å². The molecular formula is C20H18FN5OS. The van der Waals surface area contributed by atoms with E-state index >= 15 is 0 Å². The first-order chi connectivity index (χ1) is 13.6. The van der Waals surface area contributed by atoms with E-state index in [1.807, 2.05) is 34.5 Å². The highest BCUT2D eigenvalue weighted by atomic mass is 32.1. The van der Waals surface area contributed by atoms with Crippen molar-refractivity contribution < 1.29 is 9.18 Å². The number of carbonyl (C=O) groups is 1. The molecule has 1 aromatic carbocycles. The lowest BCUT2D eigenvalue weighted by molar-refractivity contribution is 0.0942. The molecule has 3 heterocycles. The number of amides is 1. The van der Waals surface area contributed by atoms with Gasteiger partial charge in [-0.25, -0.2) is 4.39 Å². The monoisotopic (exact) mass is 395 g/mol. The number of nitrogens with one attached hydrogen (secondary N) is 1. The second-order valence-corrected chi connectivity index (χ2v) is 7.19. The Morgan fingerprint density at radius 2 is 1.96 bits per heavy atom. The van der Waals surface area contributed by atoms with Crippen molar-refractivity contribution in [2.24, 2.45) is 7.05 Å². The fourth-order valence-corrected chi connectivity index (χ4v) is 3.55. The van der Waals surface area contributed by atoms with Crippen LogP contribution in [0.15, 0.2) is 60.1 Å². The molecule has 3 aromatic heterocycles. The number of rotatable bonds is 6. The number of hydrogen-bond donors (Lipinski definition) is 1. The highest BCUT2D eigenvalue weighted by molar-refractivity contribution is 7.13. The predicted octanol–water partition coefficient (Wildman–Crippen LogP) is 3.58. The number of aryl methyl sites for hydroxylation is 1. The smallest absolute Gasteiger partial charge is 0.269 e. The van der Waals surface area contributed by atoms with E-state index in [1.54, 1.807) is 36.6 Å². The zero-order chi connectivity index (χ0) is 19.5. The van der Waals surface area contributed by atoms with Crippen LogP contribution in [0.25, 0.3) is 21.8 Å². The lowest BCUT2D eigenvalue weighted by Gasteiger charge is -2.05. The van der Waals surface area contributed by atoms with Gasteiger partial charge < -0.3 is 5.32 Å². The highest BCUT2D eigenvalue weighted by Crippen LogP contribution is 2.22. The summed E-state index contributed by atoms with van der Waals surface area (Å²) in [4.78, 5) is 13.6. The molecule has 0 aliphatic rings. The maximum Gasteiger partial charge on any atom is 0.269 e. The van der Waals surface area contributed by atoms with Crippen molar-refractivity contribution >= 4 is 17.2 Å². The molecular weight excluding hydrogens is 377 g/mol. The molecule has 0 fully saturated rings. The number of hydrogen-bond acceptors (Lipinski definition) is 4. The summed E-state index contributed by atoms with van der Waals surface area (Å²) in [5, 5.41) is 13.8. The van der Waals surface area contributed by atoms with Crippen LogP contribution in [0.5, 0.6) is 0 Å². The topological polar surface area (TPSA) is 64.7 Å². The van der Waals surface area contributed by atoms with Gasteiger partial charge >= 0.3 is 0 Å². The molecule has 0 atom stereocenters. The van der Waals surface area contributed by atoms with E-state index in [0.29, 0.717) is 24.5 Å². The van der Waals surface area contributed by atoms with Crippen LogP contribution in [0, 0.1) is 5.82 Å². The molecule has 6 nitrogen and oxygen atoms in total. The van der Waals surface area contributed by atoms with Gasteiger partial charge in [-0.05, 0) is 47.8 Å². The average molecular weight is 395 g/mol. The Bertz CT molecular complexity index is 1080. The zero-order valence-corrected chi connectivity index (χ0v) is 16.0.